The van der Waals surface area contributed by atoms with Crippen molar-refractivity contribution in [2.24, 2.45) is 10.9 Å². The van der Waals surface area contributed by atoms with Gasteiger partial charge < -0.3 is 20.3 Å². The summed E-state index contributed by atoms with van der Waals surface area (Å²) in [5, 5.41) is 6.68. The number of nitrogens with one attached hydrogen (secondary N) is 2. The molecule has 0 unspecified atom stereocenters. The maximum Gasteiger partial charge on any atom is 0.190 e. The predicted molar refractivity (Wildman–Crippen MR) is 112 cm³/mol. The van der Waals surface area contributed by atoms with Crippen molar-refractivity contribution in [3.63, 3.8) is 0 Å². The zero-order chi connectivity index (χ0) is 16.8. The summed E-state index contributed by atoms with van der Waals surface area (Å²) in [7, 11) is 4.00. The second kappa shape index (κ2) is 16.8. The highest BCUT2D eigenvalue weighted by Crippen LogP contribution is 1.97. The number of unbranched alkanes of at least 4 members (excludes halogenated alkanes) is 1. The van der Waals surface area contributed by atoms with Gasteiger partial charge in [0.05, 0.1) is 0 Å². The van der Waals surface area contributed by atoms with Crippen LogP contribution in [0.2, 0.25) is 0 Å². The summed E-state index contributed by atoms with van der Waals surface area (Å²) in [6.07, 6.45) is 3.38. The van der Waals surface area contributed by atoms with Crippen molar-refractivity contribution in [3.8, 4) is 0 Å². The fraction of sp³-hybridized carbons (Fsp3) is 0.941. The maximum atomic E-state index is 5.56. The van der Waals surface area contributed by atoms with Crippen molar-refractivity contribution in [2.45, 2.75) is 53.0 Å². The Labute approximate surface area is 161 Å². The normalized spacial score (nSPS) is 12.0. The number of halogens is 1. The number of guanidine groups is 1. The quantitative estimate of drug-likeness (QED) is 0.211. The van der Waals surface area contributed by atoms with Gasteiger partial charge in [-0.05, 0) is 52.6 Å². The van der Waals surface area contributed by atoms with Crippen molar-refractivity contribution >= 4 is 29.9 Å². The van der Waals surface area contributed by atoms with E-state index in [1.54, 1.807) is 0 Å². The van der Waals surface area contributed by atoms with Gasteiger partial charge in [0.25, 0.3) is 0 Å². The first-order valence-corrected chi connectivity index (χ1v) is 8.69. The molecule has 0 aliphatic rings. The summed E-state index contributed by atoms with van der Waals surface area (Å²) in [6.45, 7) is 13.5. The lowest BCUT2D eigenvalue weighted by atomic mass is 10.2. The van der Waals surface area contributed by atoms with E-state index in [1.165, 1.54) is 6.42 Å². The van der Waals surface area contributed by atoms with Crippen LogP contribution in [0, 0.1) is 5.92 Å². The third-order valence-electron chi connectivity index (χ3n) is 3.54. The Morgan fingerprint density at radius 3 is 2.17 bits per heavy atom. The van der Waals surface area contributed by atoms with Crippen LogP contribution in [0.1, 0.15) is 47.0 Å². The molecule has 2 N–H and O–H groups in total. The van der Waals surface area contributed by atoms with Crippen LogP contribution in [-0.2, 0) is 4.74 Å². The van der Waals surface area contributed by atoms with Crippen LogP contribution in [0.25, 0.3) is 0 Å². The first kappa shape index (κ1) is 25.2. The van der Waals surface area contributed by atoms with Gasteiger partial charge in [-0.1, -0.05) is 13.8 Å². The number of aliphatic imine (C=N–C) groups is 1. The molecule has 0 aromatic rings. The summed E-state index contributed by atoms with van der Waals surface area (Å²) in [6, 6.07) is 0.625. The molecule has 0 aromatic carbocycles. The number of rotatable bonds is 12. The van der Waals surface area contributed by atoms with Crippen molar-refractivity contribution in [3.05, 3.63) is 0 Å². The molecule has 0 saturated carbocycles. The van der Waals surface area contributed by atoms with Crippen LogP contribution in [0.15, 0.2) is 4.99 Å². The molecule has 0 saturated heterocycles. The van der Waals surface area contributed by atoms with E-state index in [9.17, 15) is 0 Å². The minimum Gasteiger partial charge on any atom is -0.381 e. The lowest BCUT2D eigenvalue weighted by molar-refractivity contribution is 0.108. The van der Waals surface area contributed by atoms with Gasteiger partial charge in [0.15, 0.2) is 5.96 Å². The van der Waals surface area contributed by atoms with Gasteiger partial charge in [-0.25, -0.2) is 0 Å². The topological polar surface area (TPSA) is 48.9 Å². The monoisotopic (exact) mass is 442 g/mol. The van der Waals surface area contributed by atoms with E-state index in [4.69, 9.17) is 4.74 Å². The molecular formula is C17H39IN4O. The maximum absolute atomic E-state index is 5.56. The zero-order valence-electron chi connectivity index (χ0n) is 16.0. The van der Waals surface area contributed by atoms with Crippen molar-refractivity contribution in [1.29, 1.82) is 0 Å². The first-order chi connectivity index (χ1) is 10.5. The lowest BCUT2D eigenvalue weighted by Gasteiger charge is -2.20. The highest BCUT2D eigenvalue weighted by Gasteiger charge is 2.02. The van der Waals surface area contributed by atoms with Gasteiger partial charge >= 0.3 is 0 Å². The average Bonchev–Trinajstić information content (AvgIpc) is 2.47. The van der Waals surface area contributed by atoms with E-state index in [0.717, 1.165) is 51.6 Å². The van der Waals surface area contributed by atoms with Crippen LogP contribution < -0.4 is 10.6 Å². The third kappa shape index (κ3) is 16.6. The molecule has 0 amide bonds. The molecule has 0 atom stereocenters. The largest absolute Gasteiger partial charge is 0.381 e. The summed E-state index contributed by atoms with van der Waals surface area (Å²) in [5.74, 6) is 1.50. The number of nitrogens with zero attached hydrogens (tertiary/aromatic N) is 2. The molecule has 0 heterocycles. The lowest BCUT2D eigenvalue weighted by Crippen LogP contribution is -2.38. The molecular weight excluding hydrogens is 403 g/mol. The minimum absolute atomic E-state index is 0. The van der Waals surface area contributed by atoms with E-state index >= 15 is 0 Å². The molecule has 0 fully saturated rings. The molecule has 23 heavy (non-hydrogen) atoms. The molecule has 6 heteroatoms. The van der Waals surface area contributed by atoms with E-state index in [-0.39, 0.29) is 24.0 Å². The van der Waals surface area contributed by atoms with Crippen molar-refractivity contribution < 1.29 is 4.74 Å². The summed E-state index contributed by atoms with van der Waals surface area (Å²) in [4.78, 5) is 6.62. The van der Waals surface area contributed by atoms with E-state index in [0.29, 0.717) is 12.0 Å². The Morgan fingerprint density at radius 2 is 1.65 bits per heavy atom. The molecule has 0 aromatic heterocycles. The molecule has 0 bridgehead atoms. The zero-order valence-corrected chi connectivity index (χ0v) is 18.4. The van der Waals surface area contributed by atoms with Crippen molar-refractivity contribution in [1.82, 2.24) is 15.5 Å². The predicted octanol–water partition coefficient (Wildman–Crippen LogP) is 2.95. The van der Waals surface area contributed by atoms with Gasteiger partial charge in [0, 0.05) is 39.4 Å². The Kier molecular flexibility index (Phi) is 18.3. The molecule has 0 aliphatic heterocycles. The smallest absolute Gasteiger partial charge is 0.190 e. The van der Waals surface area contributed by atoms with Gasteiger partial charge in [0.2, 0.25) is 0 Å². The van der Waals surface area contributed by atoms with Crippen LogP contribution in [0.3, 0.4) is 0 Å². The fourth-order valence-electron chi connectivity index (χ4n) is 1.87. The minimum atomic E-state index is 0. The Bertz CT molecular complexity index is 286. The van der Waals surface area contributed by atoms with Crippen molar-refractivity contribution in [2.75, 3.05) is 46.9 Å². The van der Waals surface area contributed by atoms with Gasteiger partial charge in [-0.15, -0.1) is 24.0 Å². The molecule has 140 valence electrons. The third-order valence-corrected chi connectivity index (χ3v) is 3.54. The second-order valence-corrected chi connectivity index (χ2v) is 6.53. The molecule has 0 radical (unpaired) electrons. The van der Waals surface area contributed by atoms with Crippen LogP contribution in [0.4, 0.5) is 0 Å². The Morgan fingerprint density at radius 1 is 1.04 bits per heavy atom. The SMILES string of the molecule is CN=C(NCCCCN(C)C(C)C)NCCCOCC(C)C.I. The molecule has 0 spiro atoms. The average molecular weight is 442 g/mol. The first-order valence-electron chi connectivity index (χ1n) is 8.69. The highest BCUT2D eigenvalue weighted by molar-refractivity contribution is 14.0. The highest BCUT2D eigenvalue weighted by atomic mass is 127. The van der Waals surface area contributed by atoms with Gasteiger partial charge in [-0.3, -0.25) is 4.99 Å². The summed E-state index contributed by atoms with van der Waals surface area (Å²) < 4.78 is 5.56. The molecule has 0 aliphatic carbocycles. The Hall–Kier alpha value is -0.0800. The summed E-state index contributed by atoms with van der Waals surface area (Å²) >= 11 is 0. The van der Waals surface area contributed by atoms with E-state index in [1.807, 2.05) is 7.05 Å². The van der Waals surface area contributed by atoms with Gasteiger partial charge in [-0.2, -0.15) is 0 Å². The second-order valence-electron chi connectivity index (χ2n) is 6.53. The van der Waals surface area contributed by atoms with Gasteiger partial charge in [0.1, 0.15) is 0 Å². The standard InChI is InChI=1S/C17H38N4O.HI/c1-15(2)14-22-13-9-11-20-17(18-5)19-10-7-8-12-21(6)16(3)4;/h15-16H,7-14H2,1-6H3,(H2,18,19,20);1H. The Balaban J connectivity index is 0. The van der Waals surface area contributed by atoms with Crippen LogP contribution in [0.5, 0.6) is 0 Å². The number of ether oxygens (including phenoxy) is 1. The van der Waals surface area contributed by atoms with E-state index in [2.05, 4.69) is 55.3 Å². The number of hydrogen-bond acceptors (Lipinski definition) is 3. The molecule has 0 rings (SSSR count). The summed E-state index contributed by atoms with van der Waals surface area (Å²) in [5.41, 5.74) is 0. The fourth-order valence-corrected chi connectivity index (χ4v) is 1.87. The number of hydrogen-bond donors (Lipinski definition) is 2. The molecule has 5 nitrogen and oxygen atoms in total. The van der Waals surface area contributed by atoms with Crippen LogP contribution >= 0.6 is 24.0 Å². The van der Waals surface area contributed by atoms with Crippen LogP contribution in [-0.4, -0.2) is 63.8 Å². The van der Waals surface area contributed by atoms with E-state index < -0.39 is 0 Å².